The van der Waals surface area contributed by atoms with Gasteiger partial charge in [0.1, 0.15) is 17.4 Å². The number of terminal acetylenes is 1. The summed E-state index contributed by atoms with van der Waals surface area (Å²) in [5.41, 5.74) is -1.45. The van der Waals surface area contributed by atoms with Gasteiger partial charge in [0.15, 0.2) is 0 Å². The second kappa shape index (κ2) is 4.79. The molecule has 102 valence electrons. The van der Waals surface area contributed by atoms with E-state index >= 15 is 0 Å². The van der Waals surface area contributed by atoms with Crippen molar-refractivity contribution in [2.24, 2.45) is 0 Å². The lowest BCUT2D eigenvalue weighted by atomic mass is 10.1. The van der Waals surface area contributed by atoms with Crippen LogP contribution in [-0.4, -0.2) is 46.2 Å². The quantitative estimate of drug-likeness (QED) is 0.719. The van der Waals surface area contributed by atoms with Crippen molar-refractivity contribution in [2.75, 3.05) is 6.61 Å². The summed E-state index contributed by atoms with van der Waals surface area (Å²) in [6.07, 6.45) is 3.59. The van der Waals surface area contributed by atoms with E-state index in [1.807, 2.05) is 0 Å². The molecule has 1 saturated heterocycles. The molecule has 0 aromatic rings. The third kappa shape index (κ3) is 3.15. The first-order valence-corrected chi connectivity index (χ1v) is 5.89. The van der Waals surface area contributed by atoms with E-state index in [-0.39, 0.29) is 6.61 Å². The van der Waals surface area contributed by atoms with E-state index in [4.69, 9.17) is 15.9 Å². The maximum atomic E-state index is 12.2. The Bertz CT molecular complexity index is 364. The van der Waals surface area contributed by atoms with Crippen LogP contribution in [0.2, 0.25) is 0 Å². The summed E-state index contributed by atoms with van der Waals surface area (Å²) in [7, 11) is 0. The molecule has 0 aliphatic carbocycles. The zero-order valence-corrected chi connectivity index (χ0v) is 11.6. The molecule has 1 N–H and O–H groups in total. The lowest BCUT2D eigenvalue weighted by Crippen LogP contribution is -2.53. The van der Waals surface area contributed by atoms with Crippen molar-refractivity contribution in [3.05, 3.63) is 0 Å². The van der Waals surface area contributed by atoms with Crippen molar-refractivity contribution in [2.45, 2.75) is 58.1 Å². The Labute approximate surface area is 108 Å². The molecule has 5 heteroatoms. The largest absolute Gasteiger partial charge is 0.444 e. The molecule has 2 atom stereocenters. The minimum Gasteiger partial charge on any atom is -0.444 e. The molecule has 0 unspecified atom stereocenters. The van der Waals surface area contributed by atoms with Gasteiger partial charge in [0.05, 0.1) is 12.6 Å². The molecule has 0 radical (unpaired) electrons. The smallest absolute Gasteiger partial charge is 0.413 e. The Morgan fingerprint density at radius 3 is 2.61 bits per heavy atom. The summed E-state index contributed by atoms with van der Waals surface area (Å²) < 4.78 is 10.8. The maximum Gasteiger partial charge on any atom is 0.413 e. The third-order valence-electron chi connectivity index (χ3n) is 2.64. The van der Waals surface area contributed by atoms with E-state index in [0.717, 1.165) is 0 Å². The Morgan fingerprint density at radius 2 is 2.17 bits per heavy atom. The second-order valence-corrected chi connectivity index (χ2v) is 5.79. The molecule has 0 saturated carbocycles. The predicted octanol–water partition coefficient (Wildman–Crippen LogP) is 1.35. The molecule has 5 nitrogen and oxygen atoms in total. The lowest BCUT2D eigenvalue weighted by molar-refractivity contribution is -0.0658. The zero-order chi connectivity index (χ0) is 14.1. The number of carbonyl (C=O) groups is 1. The number of rotatable bonds is 1. The van der Waals surface area contributed by atoms with E-state index in [1.54, 1.807) is 34.6 Å². The molecule has 1 amide bonds. The molecular weight excluding hydrogens is 234 g/mol. The van der Waals surface area contributed by atoms with Crippen molar-refractivity contribution in [1.29, 1.82) is 0 Å². The highest BCUT2D eigenvalue weighted by Crippen LogP contribution is 2.30. The number of aliphatic hydroxyl groups excluding tert-OH is 1. The number of nitrogens with zero attached hydrogens (tertiary/aromatic N) is 1. The van der Waals surface area contributed by atoms with Crippen LogP contribution in [0.15, 0.2) is 0 Å². The normalized spacial score (nSPS) is 24.5. The average Bonchev–Trinajstić information content (AvgIpc) is 2.50. The van der Waals surface area contributed by atoms with Gasteiger partial charge in [-0.3, -0.25) is 4.90 Å². The van der Waals surface area contributed by atoms with Crippen LogP contribution in [0.1, 0.15) is 34.6 Å². The fourth-order valence-electron chi connectivity index (χ4n) is 1.84. The van der Waals surface area contributed by atoms with Crippen molar-refractivity contribution >= 4 is 6.09 Å². The standard InChI is InChI=1S/C13H21NO4/c1-7-10(15)9-8-17-13(5,6)14(9)11(16)18-12(2,3)4/h1,9-10,15H,8H2,2-6H3/t9-,10+/m0/s1. The van der Waals surface area contributed by atoms with E-state index < -0.39 is 29.6 Å². The minimum absolute atomic E-state index is 0.192. The van der Waals surface area contributed by atoms with Crippen LogP contribution in [0.3, 0.4) is 0 Å². The average molecular weight is 255 g/mol. The highest BCUT2D eigenvalue weighted by atomic mass is 16.6. The van der Waals surface area contributed by atoms with E-state index in [2.05, 4.69) is 5.92 Å². The van der Waals surface area contributed by atoms with Gasteiger partial charge in [-0.15, -0.1) is 6.42 Å². The molecule has 1 aliphatic rings. The van der Waals surface area contributed by atoms with Gasteiger partial charge in [-0.25, -0.2) is 4.79 Å². The van der Waals surface area contributed by atoms with Crippen LogP contribution in [-0.2, 0) is 9.47 Å². The second-order valence-electron chi connectivity index (χ2n) is 5.79. The molecule has 0 aromatic carbocycles. The Hall–Kier alpha value is -1.25. The van der Waals surface area contributed by atoms with Crippen LogP contribution < -0.4 is 0 Å². The van der Waals surface area contributed by atoms with Crippen LogP contribution in [0.5, 0.6) is 0 Å². The summed E-state index contributed by atoms with van der Waals surface area (Å²) in [5, 5.41) is 9.74. The van der Waals surface area contributed by atoms with E-state index in [0.29, 0.717) is 0 Å². The van der Waals surface area contributed by atoms with Gasteiger partial charge < -0.3 is 14.6 Å². The molecule has 1 heterocycles. The molecule has 0 bridgehead atoms. The lowest BCUT2D eigenvalue weighted by Gasteiger charge is -2.35. The van der Waals surface area contributed by atoms with Gasteiger partial charge in [-0.05, 0) is 34.6 Å². The SMILES string of the molecule is C#C[C@@H](O)[C@@H]1COC(C)(C)N1C(=O)OC(C)(C)C. The van der Waals surface area contributed by atoms with Crippen molar-refractivity contribution in [3.63, 3.8) is 0 Å². The topological polar surface area (TPSA) is 59.0 Å². The molecule has 0 spiro atoms. The number of aliphatic hydroxyl groups is 1. The van der Waals surface area contributed by atoms with Gasteiger partial charge >= 0.3 is 6.09 Å². The highest BCUT2D eigenvalue weighted by molar-refractivity contribution is 5.70. The summed E-state index contributed by atoms with van der Waals surface area (Å²) in [5.74, 6) is 2.22. The number of hydrogen-bond acceptors (Lipinski definition) is 4. The van der Waals surface area contributed by atoms with Crippen LogP contribution >= 0.6 is 0 Å². The fraction of sp³-hybridized carbons (Fsp3) is 0.769. The van der Waals surface area contributed by atoms with Crippen LogP contribution in [0.4, 0.5) is 4.79 Å². The summed E-state index contributed by atoms with van der Waals surface area (Å²) in [4.78, 5) is 13.5. The summed E-state index contributed by atoms with van der Waals surface area (Å²) in [6.45, 7) is 9.00. The van der Waals surface area contributed by atoms with Gasteiger partial charge in [-0.1, -0.05) is 5.92 Å². The highest BCUT2D eigenvalue weighted by Gasteiger charge is 2.48. The van der Waals surface area contributed by atoms with E-state index in [9.17, 15) is 9.90 Å². The maximum absolute atomic E-state index is 12.2. The molecule has 1 fully saturated rings. The number of carbonyl (C=O) groups excluding carboxylic acids is 1. The molecule has 0 aromatic heterocycles. The van der Waals surface area contributed by atoms with Gasteiger partial charge in [0.25, 0.3) is 0 Å². The molecule has 1 rings (SSSR count). The van der Waals surface area contributed by atoms with Gasteiger partial charge in [0.2, 0.25) is 0 Å². The zero-order valence-electron chi connectivity index (χ0n) is 11.6. The third-order valence-corrected chi connectivity index (χ3v) is 2.64. The Balaban J connectivity index is 2.93. The summed E-state index contributed by atoms with van der Waals surface area (Å²) in [6, 6.07) is -0.583. The first-order chi connectivity index (χ1) is 8.08. The molecule has 1 aliphatic heterocycles. The number of hydrogen-bond donors (Lipinski definition) is 1. The van der Waals surface area contributed by atoms with Crippen molar-refractivity contribution in [3.8, 4) is 12.3 Å². The summed E-state index contributed by atoms with van der Waals surface area (Å²) >= 11 is 0. The van der Waals surface area contributed by atoms with E-state index in [1.165, 1.54) is 4.90 Å². The number of ether oxygens (including phenoxy) is 2. The first-order valence-electron chi connectivity index (χ1n) is 5.89. The molecule has 18 heavy (non-hydrogen) atoms. The monoisotopic (exact) mass is 255 g/mol. The fourth-order valence-corrected chi connectivity index (χ4v) is 1.84. The Kier molecular flexibility index (Phi) is 3.94. The molecular formula is C13H21NO4. The number of amides is 1. The van der Waals surface area contributed by atoms with Crippen molar-refractivity contribution in [1.82, 2.24) is 4.90 Å². The minimum atomic E-state index is -1.07. The van der Waals surface area contributed by atoms with Gasteiger partial charge in [0, 0.05) is 0 Å². The van der Waals surface area contributed by atoms with Crippen LogP contribution in [0, 0.1) is 12.3 Å². The first kappa shape index (κ1) is 14.8. The predicted molar refractivity (Wildman–Crippen MR) is 66.7 cm³/mol. The Morgan fingerprint density at radius 1 is 1.61 bits per heavy atom. The van der Waals surface area contributed by atoms with Crippen molar-refractivity contribution < 1.29 is 19.4 Å². The van der Waals surface area contributed by atoms with Crippen LogP contribution in [0.25, 0.3) is 0 Å². The van der Waals surface area contributed by atoms with Gasteiger partial charge in [-0.2, -0.15) is 0 Å².